The SMILES string of the molecule is CCCCCN1CC=C[C@]23S[C@]4(C)C=CCN(c5ccc(OCC)cc5)C(=O)[C@@H]4[C@H]2C(=O)N([C@H](CO)c2ccccc2)C3C1=O. The molecule has 1 unspecified atom stereocenters. The van der Waals surface area contributed by atoms with Gasteiger partial charge in [0, 0.05) is 30.1 Å². The second-order valence-electron chi connectivity index (χ2n) is 12.5. The molecule has 4 aliphatic heterocycles. The number of anilines is 1. The van der Waals surface area contributed by atoms with Crippen LogP contribution in [0.5, 0.6) is 5.75 Å². The van der Waals surface area contributed by atoms with Crippen LogP contribution in [0.15, 0.2) is 78.9 Å². The molecule has 3 amide bonds. The van der Waals surface area contributed by atoms with Crippen LogP contribution in [-0.4, -0.2) is 81.0 Å². The van der Waals surface area contributed by atoms with Gasteiger partial charge in [-0.2, -0.15) is 0 Å². The van der Waals surface area contributed by atoms with Crippen molar-refractivity contribution in [3.63, 3.8) is 0 Å². The average molecular weight is 630 g/mol. The van der Waals surface area contributed by atoms with E-state index < -0.39 is 33.4 Å². The molecule has 0 aromatic heterocycles. The fourth-order valence-electron chi connectivity index (χ4n) is 7.75. The third-order valence-electron chi connectivity index (χ3n) is 9.76. The first-order chi connectivity index (χ1) is 21.8. The first-order valence-corrected chi connectivity index (χ1v) is 17.0. The van der Waals surface area contributed by atoms with Crippen molar-refractivity contribution in [3.05, 3.63) is 84.5 Å². The molecule has 4 aliphatic rings. The van der Waals surface area contributed by atoms with Crippen molar-refractivity contribution in [1.82, 2.24) is 9.80 Å². The van der Waals surface area contributed by atoms with Gasteiger partial charge in [-0.1, -0.05) is 74.4 Å². The molecule has 6 atom stereocenters. The van der Waals surface area contributed by atoms with Crippen LogP contribution in [0, 0.1) is 11.8 Å². The molecule has 0 radical (unpaired) electrons. The monoisotopic (exact) mass is 629 g/mol. The molecule has 0 saturated carbocycles. The van der Waals surface area contributed by atoms with Gasteiger partial charge in [-0.25, -0.2) is 0 Å². The lowest BCUT2D eigenvalue weighted by Crippen LogP contribution is -2.54. The van der Waals surface area contributed by atoms with E-state index in [0.29, 0.717) is 26.2 Å². The number of hydrogen-bond acceptors (Lipinski definition) is 6. The van der Waals surface area contributed by atoms with Crippen molar-refractivity contribution in [2.45, 2.75) is 61.6 Å². The minimum absolute atomic E-state index is 0.117. The van der Waals surface area contributed by atoms with Gasteiger partial charge >= 0.3 is 0 Å². The summed E-state index contributed by atoms with van der Waals surface area (Å²) in [5, 5.41) is 10.8. The van der Waals surface area contributed by atoms with E-state index in [2.05, 4.69) is 13.0 Å². The highest BCUT2D eigenvalue weighted by atomic mass is 32.2. The van der Waals surface area contributed by atoms with Crippen molar-refractivity contribution in [2.75, 3.05) is 37.7 Å². The topological polar surface area (TPSA) is 90.4 Å². The fourth-order valence-corrected chi connectivity index (χ4v) is 9.89. The van der Waals surface area contributed by atoms with Gasteiger partial charge in [0.15, 0.2) is 0 Å². The molecule has 1 N–H and O–H groups in total. The normalized spacial score (nSPS) is 29.7. The van der Waals surface area contributed by atoms with Gasteiger partial charge in [-0.3, -0.25) is 14.4 Å². The Balaban J connectivity index is 1.45. The molecule has 0 bridgehead atoms. The van der Waals surface area contributed by atoms with Crippen LogP contribution >= 0.6 is 11.8 Å². The van der Waals surface area contributed by atoms with Crippen molar-refractivity contribution < 1.29 is 24.2 Å². The molecule has 2 aromatic carbocycles. The molecule has 45 heavy (non-hydrogen) atoms. The number of thioether (sulfide) groups is 1. The maximum absolute atomic E-state index is 14.9. The maximum atomic E-state index is 14.9. The van der Waals surface area contributed by atoms with Crippen molar-refractivity contribution in [3.8, 4) is 5.75 Å². The van der Waals surface area contributed by atoms with Crippen LogP contribution in [0.4, 0.5) is 5.69 Å². The molecule has 238 valence electrons. The zero-order valence-corrected chi connectivity index (χ0v) is 27.1. The van der Waals surface area contributed by atoms with E-state index in [1.807, 2.05) is 91.6 Å². The highest BCUT2D eigenvalue weighted by molar-refractivity contribution is 8.02. The Morgan fingerprint density at radius 3 is 2.33 bits per heavy atom. The second kappa shape index (κ2) is 12.7. The Bertz CT molecular complexity index is 1480. The number of fused-ring (bicyclic) bond motifs is 2. The highest BCUT2D eigenvalue weighted by Crippen LogP contribution is 2.66. The van der Waals surface area contributed by atoms with Gasteiger partial charge in [-0.15, -0.1) is 11.8 Å². The molecular formula is C36H43N3O5S. The van der Waals surface area contributed by atoms with Crippen LogP contribution in [0.3, 0.4) is 0 Å². The number of benzene rings is 2. The molecule has 9 heteroatoms. The predicted octanol–water partition coefficient (Wildman–Crippen LogP) is 5.00. The zero-order valence-electron chi connectivity index (χ0n) is 26.3. The van der Waals surface area contributed by atoms with Crippen LogP contribution in [0.1, 0.15) is 51.6 Å². The number of hydrogen-bond donors (Lipinski definition) is 1. The standard InChI is InChI=1S/C36H43N3O5S/c1-4-6-10-21-37-22-12-20-36-30(33(42)39(31(36)34(37)43)28(24-40)25-13-8-7-9-14-25)29-32(41)38(23-11-19-35(29,3)45-36)26-15-17-27(18-16-26)44-5-2/h7-9,11-20,28-31,40H,4-6,10,21-24H2,1-3H3/t28-,29+,30+,31?,35-,36+/m1/s1. The minimum atomic E-state index is -0.975. The summed E-state index contributed by atoms with van der Waals surface area (Å²) in [4.78, 5) is 49.6. The molecule has 6 rings (SSSR count). The van der Waals surface area contributed by atoms with E-state index in [9.17, 15) is 19.5 Å². The van der Waals surface area contributed by atoms with E-state index in [1.54, 1.807) is 21.6 Å². The lowest BCUT2D eigenvalue weighted by atomic mass is 9.74. The summed E-state index contributed by atoms with van der Waals surface area (Å²) in [6.45, 7) is 7.74. The number of aliphatic hydroxyl groups is 1. The number of nitrogens with zero attached hydrogens (tertiary/aromatic N) is 3. The molecule has 4 heterocycles. The Morgan fingerprint density at radius 1 is 0.911 bits per heavy atom. The quantitative estimate of drug-likeness (QED) is 0.294. The first kappa shape index (κ1) is 31.4. The molecule has 2 aromatic rings. The predicted molar refractivity (Wildman–Crippen MR) is 177 cm³/mol. The molecule has 0 aliphatic carbocycles. The van der Waals surface area contributed by atoms with Crippen LogP contribution in [0.2, 0.25) is 0 Å². The summed E-state index contributed by atoms with van der Waals surface area (Å²) < 4.78 is 3.93. The van der Waals surface area contributed by atoms with E-state index in [1.165, 1.54) is 0 Å². The number of ether oxygens (including phenoxy) is 1. The number of unbranched alkanes of at least 4 members (excludes halogenated alkanes) is 2. The van der Waals surface area contributed by atoms with Crippen molar-refractivity contribution >= 4 is 35.2 Å². The molecule has 8 nitrogen and oxygen atoms in total. The zero-order chi connectivity index (χ0) is 31.8. The smallest absolute Gasteiger partial charge is 0.247 e. The minimum Gasteiger partial charge on any atom is -0.494 e. The first-order valence-electron chi connectivity index (χ1n) is 16.2. The maximum Gasteiger partial charge on any atom is 0.247 e. The summed E-state index contributed by atoms with van der Waals surface area (Å²) in [6, 6.07) is 15.3. The number of aliphatic hydroxyl groups excluding tert-OH is 1. The van der Waals surface area contributed by atoms with E-state index in [0.717, 1.165) is 36.3 Å². The third kappa shape index (κ3) is 5.27. The van der Waals surface area contributed by atoms with E-state index >= 15 is 0 Å². The number of amides is 3. The van der Waals surface area contributed by atoms with Gasteiger partial charge < -0.3 is 24.5 Å². The fraction of sp³-hybridized carbons (Fsp3) is 0.472. The number of carbonyl (C=O) groups excluding carboxylic acids is 3. The largest absolute Gasteiger partial charge is 0.494 e. The van der Waals surface area contributed by atoms with Gasteiger partial charge in [-0.05, 0) is 50.1 Å². The average Bonchev–Trinajstić information content (AvgIpc) is 3.31. The third-order valence-corrected chi connectivity index (χ3v) is 11.6. The van der Waals surface area contributed by atoms with Gasteiger partial charge in [0.1, 0.15) is 11.8 Å². The summed E-state index contributed by atoms with van der Waals surface area (Å²) in [7, 11) is 0. The molecule has 2 saturated heterocycles. The van der Waals surface area contributed by atoms with Gasteiger partial charge in [0.2, 0.25) is 17.7 Å². The summed E-state index contributed by atoms with van der Waals surface area (Å²) in [5.74, 6) is -1.29. The Labute approximate surface area is 270 Å². The highest BCUT2D eigenvalue weighted by Gasteiger charge is 2.74. The van der Waals surface area contributed by atoms with Crippen molar-refractivity contribution in [1.29, 1.82) is 0 Å². The van der Waals surface area contributed by atoms with Crippen LogP contribution in [-0.2, 0) is 14.4 Å². The number of rotatable bonds is 10. The van der Waals surface area contributed by atoms with Gasteiger partial charge in [0.05, 0.1) is 35.8 Å². The summed E-state index contributed by atoms with van der Waals surface area (Å²) in [5.41, 5.74) is 1.49. The lowest BCUT2D eigenvalue weighted by Gasteiger charge is -2.40. The number of carbonyl (C=O) groups is 3. The summed E-state index contributed by atoms with van der Waals surface area (Å²) in [6.07, 6.45) is 11.1. The van der Waals surface area contributed by atoms with Gasteiger partial charge in [0.25, 0.3) is 0 Å². The summed E-state index contributed by atoms with van der Waals surface area (Å²) >= 11 is 1.57. The Morgan fingerprint density at radius 2 is 1.64 bits per heavy atom. The molecular weight excluding hydrogens is 586 g/mol. The molecule has 2 fully saturated rings. The van der Waals surface area contributed by atoms with E-state index in [4.69, 9.17) is 4.74 Å². The van der Waals surface area contributed by atoms with Crippen LogP contribution < -0.4 is 9.64 Å². The second-order valence-corrected chi connectivity index (χ2v) is 14.3. The Hall–Kier alpha value is -3.56. The lowest BCUT2D eigenvalue weighted by molar-refractivity contribution is -0.146. The molecule has 1 spiro atoms. The van der Waals surface area contributed by atoms with Crippen LogP contribution in [0.25, 0.3) is 0 Å². The number of likely N-dealkylation sites (tertiary alicyclic amines) is 1. The van der Waals surface area contributed by atoms with E-state index in [-0.39, 0.29) is 24.3 Å². The Kier molecular flexibility index (Phi) is 8.85. The van der Waals surface area contributed by atoms with Crippen molar-refractivity contribution in [2.24, 2.45) is 11.8 Å².